The molecule has 1 aromatic carbocycles. The maximum atomic E-state index is 12.7. The lowest BCUT2D eigenvalue weighted by Crippen LogP contribution is -2.63. The molecule has 0 bridgehead atoms. The van der Waals surface area contributed by atoms with Gasteiger partial charge in [-0.3, -0.25) is 14.9 Å². The maximum absolute atomic E-state index is 12.7. The molecule has 10 heteroatoms. The molecule has 0 aliphatic carbocycles. The highest BCUT2D eigenvalue weighted by Gasteiger charge is 2.60. The quantitative estimate of drug-likeness (QED) is 0.257. The minimum absolute atomic E-state index is 0.0159. The summed E-state index contributed by atoms with van der Waals surface area (Å²) >= 11 is 1.29. The zero-order chi connectivity index (χ0) is 20.7. The van der Waals surface area contributed by atoms with Gasteiger partial charge in [0, 0.05) is 23.0 Å². The fourth-order valence-corrected chi connectivity index (χ4v) is 4.59. The van der Waals surface area contributed by atoms with Gasteiger partial charge in [-0.05, 0) is 25.3 Å². The molecule has 0 spiro atoms. The number of benzene rings is 1. The zero-order valence-electron chi connectivity index (χ0n) is 15.3. The predicted octanol–water partition coefficient (Wildman–Crippen LogP) is 1.71. The Morgan fingerprint density at radius 3 is 2.39 bits per heavy atom. The number of hydrogen-bond acceptors (Lipinski definition) is 8. The van der Waals surface area contributed by atoms with Gasteiger partial charge < -0.3 is 14.7 Å². The summed E-state index contributed by atoms with van der Waals surface area (Å²) < 4.78 is 4.92. The van der Waals surface area contributed by atoms with Crippen LogP contribution in [0.4, 0.5) is 5.69 Å². The van der Waals surface area contributed by atoms with E-state index in [2.05, 4.69) is 0 Å². The lowest BCUT2D eigenvalue weighted by atomic mass is 9.79. The first kappa shape index (κ1) is 20.0. The number of carbonyl (C=O) groups is 3. The Morgan fingerprint density at radius 2 is 1.89 bits per heavy atom. The van der Waals surface area contributed by atoms with Crippen molar-refractivity contribution in [3.05, 3.63) is 50.5 Å². The van der Waals surface area contributed by atoms with E-state index in [4.69, 9.17) is 4.74 Å². The third kappa shape index (κ3) is 3.08. The predicted molar refractivity (Wildman–Crippen MR) is 99.0 cm³/mol. The van der Waals surface area contributed by atoms with E-state index in [-0.39, 0.29) is 34.8 Å². The Labute approximate surface area is 164 Å². The van der Waals surface area contributed by atoms with Crippen molar-refractivity contribution in [1.29, 1.82) is 0 Å². The first-order valence-corrected chi connectivity index (χ1v) is 9.71. The van der Waals surface area contributed by atoms with Gasteiger partial charge in [-0.1, -0.05) is 6.92 Å². The first-order chi connectivity index (χ1) is 13.2. The summed E-state index contributed by atoms with van der Waals surface area (Å²) in [7, 11) is 0. The van der Waals surface area contributed by atoms with E-state index in [0.29, 0.717) is 4.91 Å². The molecule has 0 radical (unpaired) electrons. The number of carbonyl (C=O) groups excluding carboxylic acids is 3. The Kier molecular flexibility index (Phi) is 5.26. The van der Waals surface area contributed by atoms with Gasteiger partial charge in [-0.25, -0.2) is 9.59 Å². The standard InChI is InChI=1S/C18H18N2O7S/c1-8-13-12(9(2)21)16(22)19(13)14(15(8)28-3)18(24)27-17(23)10-4-6-11(7-5-10)20(25)26/h4-9,12-13,21H,1-3H3/t8-,9-,12-,13-/m1/s1. The number of amides is 1. The number of aliphatic hydroxyl groups excluding tert-OH is 1. The molecule has 2 heterocycles. The van der Waals surface area contributed by atoms with Crippen molar-refractivity contribution in [2.45, 2.75) is 26.0 Å². The summed E-state index contributed by atoms with van der Waals surface area (Å²) in [4.78, 5) is 49.3. The van der Waals surface area contributed by atoms with E-state index in [1.165, 1.54) is 35.7 Å². The van der Waals surface area contributed by atoms with Gasteiger partial charge in [0.1, 0.15) is 5.70 Å². The first-order valence-electron chi connectivity index (χ1n) is 8.49. The smallest absolute Gasteiger partial charge is 0.363 e. The van der Waals surface area contributed by atoms with Crippen LogP contribution in [0.3, 0.4) is 0 Å². The summed E-state index contributed by atoms with van der Waals surface area (Å²) in [5, 5.41) is 20.5. The summed E-state index contributed by atoms with van der Waals surface area (Å²) in [6, 6.07) is 4.29. The number of nitro groups is 1. The van der Waals surface area contributed by atoms with Crippen LogP contribution in [0.2, 0.25) is 0 Å². The van der Waals surface area contributed by atoms with E-state index in [1.807, 2.05) is 6.92 Å². The van der Waals surface area contributed by atoms with E-state index in [0.717, 1.165) is 12.1 Å². The Morgan fingerprint density at radius 1 is 1.29 bits per heavy atom. The lowest BCUT2D eigenvalue weighted by Gasteiger charge is -2.46. The second kappa shape index (κ2) is 7.36. The van der Waals surface area contributed by atoms with Crippen molar-refractivity contribution in [2.24, 2.45) is 11.8 Å². The lowest BCUT2D eigenvalue weighted by molar-refractivity contribution is -0.384. The third-order valence-electron chi connectivity index (χ3n) is 5.02. The van der Waals surface area contributed by atoms with E-state index >= 15 is 0 Å². The Balaban J connectivity index is 1.81. The largest absolute Gasteiger partial charge is 0.393 e. The van der Waals surface area contributed by atoms with Gasteiger partial charge in [0.15, 0.2) is 0 Å². The average Bonchev–Trinajstić information content (AvgIpc) is 2.89. The summed E-state index contributed by atoms with van der Waals surface area (Å²) in [5.41, 5.74) is -0.204. The number of nitrogens with zero attached hydrogens (tertiary/aromatic N) is 2. The molecule has 9 nitrogen and oxygen atoms in total. The number of nitro benzene ring substituents is 1. The monoisotopic (exact) mass is 406 g/mol. The fourth-order valence-electron chi connectivity index (χ4n) is 3.70. The zero-order valence-corrected chi connectivity index (χ0v) is 16.1. The van der Waals surface area contributed by atoms with Gasteiger partial charge in [0.25, 0.3) is 5.69 Å². The van der Waals surface area contributed by atoms with Crippen LogP contribution < -0.4 is 0 Å². The van der Waals surface area contributed by atoms with Crippen molar-refractivity contribution in [3.63, 3.8) is 0 Å². The van der Waals surface area contributed by atoms with Crippen LogP contribution in [0.1, 0.15) is 24.2 Å². The van der Waals surface area contributed by atoms with Crippen molar-refractivity contribution < 1.29 is 29.2 Å². The molecular formula is C18H18N2O7S. The molecule has 28 heavy (non-hydrogen) atoms. The van der Waals surface area contributed by atoms with Crippen LogP contribution in [0.25, 0.3) is 0 Å². The van der Waals surface area contributed by atoms with Crippen LogP contribution in [0.15, 0.2) is 34.9 Å². The van der Waals surface area contributed by atoms with Crippen LogP contribution in [0, 0.1) is 22.0 Å². The highest BCUT2D eigenvalue weighted by atomic mass is 32.2. The van der Waals surface area contributed by atoms with Gasteiger partial charge in [-0.15, -0.1) is 11.8 Å². The van der Waals surface area contributed by atoms with Gasteiger partial charge in [0.2, 0.25) is 5.91 Å². The van der Waals surface area contributed by atoms with E-state index in [1.54, 1.807) is 6.26 Å². The Hall–Kier alpha value is -2.72. The van der Waals surface area contributed by atoms with Crippen molar-refractivity contribution in [1.82, 2.24) is 4.90 Å². The maximum Gasteiger partial charge on any atom is 0.363 e. The second-order valence-corrected chi connectivity index (χ2v) is 7.50. The highest BCUT2D eigenvalue weighted by molar-refractivity contribution is 8.02. The molecule has 0 saturated carbocycles. The molecule has 2 aliphatic rings. The minimum Gasteiger partial charge on any atom is -0.393 e. The molecule has 4 atom stereocenters. The number of non-ortho nitro benzene ring substituents is 1. The van der Waals surface area contributed by atoms with E-state index in [9.17, 15) is 29.6 Å². The number of aliphatic hydroxyl groups is 1. The Bertz CT molecular complexity index is 894. The highest BCUT2D eigenvalue weighted by Crippen LogP contribution is 2.50. The second-order valence-electron chi connectivity index (χ2n) is 6.65. The van der Waals surface area contributed by atoms with Crippen molar-refractivity contribution >= 4 is 35.3 Å². The van der Waals surface area contributed by atoms with Crippen LogP contribution >= 0.6 is 11.8 Å². The minimum atomic E-state index is -0.969. The fraction of sp³-hybridized carbons (Fsp3) is 0.389. The van der Waals surface area contributed by atoms with Crippen LogP contribution in [-0.4, -0.2) is 51.2 Å². The SMILES string of the molecule is CSC1=C(C(=O)OC(=O)c2ccc([N+](=O)[O-])cc2)N2C(=O)[C@H]([C@@H](C)O)[C@H]2[C@H]1C. The topological polar surface area (TPSA) is 127 Å². The average molecular weight is 406 g/mol. The molecule has 1 aromatic rings. The number of fused-ring (bicyclic) bond motifs is 1. The number of ether oxygens (including phenoxy) is 1. The van der Waals surface area contributed by atoms with Crippen LogP contribution in [0.5, 0.6) is 0 Å². The molecule has 0 aromatic heterocycles. The summed E-state index contributed by atoms with van der Waals surface area (Å²) in [6.07, 6.45) is 0.904. The molecule has 148 valence electrons. The van der Waals surface area contributed by atoms with E-state index < -0.39 is 28.9 Å². The van der Waals surface area contributed by atoms with Gasteiger partial charge in [0.05, 0.1) is 28.6 Å². The molecule has 3 rings (SSSR count). The van der Waals surface area contributed by atoms with Crippen molar-refractivity contribution in [3.8, 4) is 0 Å². The number of thioether (sulfide) groups is 1. The normalized spacial score (nSPS) is 24.5. The number of rotatable bonds is 5. The molecule has 1 saturated heterocycles. The van der Waals surface area contributed by atoms with Crippen molar-refractivity contribution in [2.75, 3.05) is 6.26 Å². The number of esters is 2. The van der Waals surface area contributed by atoms with Crippen LogP contribution in [-0.2, 0) is 14.3 Å². The van der Waals surface area contributed by atoms with Gasteiger partial charge in [-0.2, -0.15) is 0 Å². The third-order valence-corrected chi connectivity index (χ3v) is 6.03. The molecular weight excluding hydrogens is 388 g/mol. The van der Waals surface area contributed by atoms with Gasteiger partial charge >= 0.3 is 11.9 Å². The summed E-state index contributed by atoms with van der Waals surface area (Å²) in [5.74, 6) is -3.09. The molecule has 2 aliphatic heterocycles. The molecule has 1 N–H and O–H groups in total. The number of hydrogen-bond donors (Lipinski definition) is 1. The molecule has 1 fully saturated rings. The summed E-state index contributed by atoms with van der Waals surface area (Å²) in [6.45, 7) is 3.38. The number of β-lactam (4-membered cyclic amide) rings is 1. The molecule has 0 unspecified atom stereocenters. The molecule has 1 amide bonds.